The summed E-state index contributed by atoms with van der Waals surface area (Å²) in [6, 6.07) is 13.2. The third-order valence-corrected chi connectivity index (χ3v) is 3.28. The fraction of sp³-hybridized carbons (Fsp3) is 0.200. The Kier molecular flexibility index (Phi) is 2.65. The number of fused-ring (bicyclic) bond motifs is 1. The highest BCUT2D eigenvalue weighted by atomic mass is 19.1. The fourth-order valence-electron chi connectivity index (χ4n) is 2.34. The lowest BCUT2D eigenvalue weighted by molar-refractivity contribution is 0.630. The maximum absolute atomic E-state index is 13.7. The standard InChI is InChI=1S/C15H14FN/c16-15-4-2-1-3-14(15)12-6-5-11-7-8-17-10-13(11)9-12/h1-6,9,17H,7-8,10H2. The molecule has 2 aromatic rings. The highest BCUT2D eigenvalue weighted by molar-refractivity contribution is 5.65. The number of hydrogen-bond donors (Lipinski definition) is 1. The van der Waals surface area contributed by atoms with Gasteiger partial charge in [0.2, 0.25) is 0 Å². The first kappa shape index (κ1) is 10.5. The summed E-state index contributed by atoms with van der Waals surface area (Å²) >= 11 is 0. The molecular formula is C15H14FN. The van der Waals surface area contributed by atoms with Crippen LogP contribution in [0.2, 0.25) is 0 Å². The third-order valence-electron chi connectivity index (χ3n) is 3.28. The molecule has 0 aliphatic carbocycles. The van der Waals surface area contributed by atoms with Gasteiger partial charge in [-0.3, -0.25) is 0 Å². The van der Waals surface area contributed by atoms with E-state index in [0.29, 0.717) is 5.56 Å². The van der Waals surface area contributed by atoms with Crippen molar-refractivity contribution in [1.82, 2.24) is 5.32 Å². The van der Waals surface area contributed by atoms with Crippen LogP contribution in [0.25, 0.3) is 11.1 Å². The molecule has 0 aromatic heterocycles. The van der Waals surface area contributed by atoms with Crippen LogP contribution in [-0.2, 0) is 13.0 Å². The van der Waals surface area contributed by atoms with Crippen molar-refractivity contribution in [2.45, 2.75) is 13.0 Å². The van der Waals surface area contributed by atoms with Crippen LogP contribution in [0.4, 0.5) is 4.39 Å². The zero-order valence-electron chi connectivity index (χ0n) is 9.54. The zero-order valence-corrected chi connectivity index (χ0v) is 9.54. The van der Waals surface area contributed by atoms with E-state index >= 15 is 0 Å². The Bertz CT molecular complexity index is 548. The van der Waals surface area contributed by atoms with E-state index in [4.69, 9.17) is 0 Å². The van der Waals surface area contributed by atoms with Crippen LogP contribution in [0.15, 0.2) is 42.5 Å². The molecule has 0 saturated carbocycles. The van der Waals surface area contributed by atoms with Gasteiger partial charge in [0.05, 0.1) is 0 Å². The van der Waals surface area contributed by atoms with Gasteiger partial charge in [0.15, 0.2) is 0 Å². The monoisotopic (exact) mass is 227 g/mol. The van der Waals surface area contributed by atoms with Gasteiger partial charge in [-0.1, -0.05) is 30.3 Å². The lowest BCUT2D eigenvalue weighted by atomic mass is 9.95. The number of halogens is 1. The van der Waals surface area contributed by atoms with Gasteiger partial charge in [-0.25, -0.2) is 4.39 Å². The van der Waals surface area contributed by atoms with Gasteiger partial charge in [-0.2, -0.15) is 0 Å². The molecule has 1 heterocycles. The molecule has 0 saturated heterocycles. The number of rotatable bonds is 1. The Labute approximate surface area is 100 Å². The number of nitrogens with one attached hydrogen (secondary N) is 1. The Morgan fingerprint density at radius 3 is 2.76 bits per heavy atom. The highest BCUT2D eigenvalue weighted by Gasteiger charge is 2.11. The van der Waals surface area contributed by atoms with Gasteiger partial charge < -0.3 is 5.32 Å². The molecule has 2 aromatic carbocycles. The Balaban J connectivity index is 2.07. The summed E-state index contributed by atoms with van der Waals surface area (Å²) in [5.41, 5.74) is 4.31. The number of benzene rings is 2. The van der Waals surface area contributed by atoms with Gasteiger partial charge in [0.25, 0.3) is 0 Å². The quantitative estimate of drug-likeness (QED) is 0.789. The van der Waals surface area contributed by atoms with E-state index in [1.807, 2.05) is 18.2 Å². The van der Waals surface area contributed by atoms with Gasteiger partial charge in [0, 0.05) is 12.1 Å². The summed E-state index contributed by atoms with van der Waals surface area (Å²) in [6.45, 7) is 1.92. The van der Waals surface area contributed by atoms with Gasteiger partial charge >= 0.3 is 0 Å². The Morgan fingerprint density at radius 1 is 1.00 bits per heavy atom. The molecule has 0 bridgehead atoms. The van der Waals surface area contributed by atoms with Crippen molar-refractivity contribution in [3.8, 4) is 11.1 Å². The second-order valence-electron chi connectivity index (χ2n) is 4.39. The maximum atomic E-state index is 13.7. The molecule has 0 unspecified atom stereocenters. The van der Waals surface area contributed by atoms with E-state index in [-0.39, 0.29) is 5.82 Å². The largest absolute Gasteiger partial charge is 0.312 e. The predicted molar refractivity (Wildman–Crippen MR) is 67.2 cm³/mol. The van der Waals surface area contributed by atoms with Crippen LogP contribution in [-0.4, -0.2) is 6.54 Å². The molecule has 1 nitrogen and oxygen atoms in total. The summed E-state index contributed by atoms with van der Waals surface area (Å²) in [7, 11) is 0. The highest BCUT2D eigenvalue weighted by Crippen LogP contribution is 2.26. The molecule has 0 radical (unpaired) electrons. The van der Waals surface area contributed by atoms with Crippen LogP contribution in [0, 0.1) is 5.82 Å². The van der Waals surface area contributed by atoms with E-state index in [0.717, 1.165) is 25.1 Å². The lowest BCUT2D eigenvalue weighted by Crippen LogP contribution is -2.23. The van der Waals surface area contributed by atoms with Crippen molar-refractivity contribution in [2.75, 3.05) is 6.54 Å². The van der Waals surface area contributed by atoms with Gasteiger partial charge in [0.1, 0.15) is 5.82 Å². The average molecular weight is 227 g/mol. The Morgan fingerprint density at radius 2 is 1.88 bits per heavy atom. The summed E-state index contributed by atoms with van der Waals surface area (Å²) in [4.78, 5) is 0. The Hall–Kier alpha value is -1.67. The summed E-state index contributed by atoms with van der Waals surface area (Å²) in [5, 5.41) is 3.34. The normalized spacial score (nSPS) is 14.4. The van der Waals surface area contributed by atoms with E-state index in [2.05, 4.69) is 17.4 Å². The molecule has 1 aliphatic rings. The minimum absolute atomic E-state index is 0.156. The predicted octanol–water partition coefficient (Wildman–Crippen LogP) is 3.14. The SMILES string of the molecule is Fc1ccccc1-c1ccc2c(c1)CNCC2. The van der Waals surface area contributed by atoms with Crippen LogP contribution in [0.3, 0.4) is 0 Å². The molecular weight excluding hydrogens is 213 g/mol. The van der Waals surface area contributed by atoms with Crippen molar-refractivity contribution < 1.29 is 4.39 Å². The summed E-state index contributed by atoms with van der Waals surface area (Å²) < 4.78 is 13.7. The maximum Gasteiger partial charge on any atom is 0.131 e. The molecule has 86 valence electrons. The molecule has 1 aliphatic heterocycles. The van der Waals surface area contributed by atoms with Crippen LogP contribution >= 0.6 is 0 Å². The van der Waals surface area contributed by atoms with Crippen molar-refractivity contribution >= 4 is 0 Å². The smallest absolute Gasteiger partial charge is 0.131 e. The number of hydrogen-bond acceptors (Lipinski definition) is 1. The average Bonchev–Trinajstić information content (AvgIpc) is 2.39. The zero-order chi connectivity index (χ0) is 11.7. The third kappa shape index (κ3) is 1.96. The van der Waals surface area contributed by atoms with Crippen molar-refractivity contribution in [3.05, 3.63) is 59.4 Å². The van der Waals surface area contributed by atoms with Crippen molar-refractivity contribution in [3.63, 3.8) is 0 Å². The minimum atomic E-state index is -0.156. The molecule has 0 fully saturated rings. The lowest BCUT2D eigenvalue weighted by Gasteiger charge is -2.18. The minimum Gasteiger partial charge on any atom is -0.312 e. The van der Waals surface area contributed by atoms with E-state index in [9.17, 15) is 4.39 Å². The molecule has 0 atom stereocenters. The molecule has 1 N–H and O–H groups in total. The molecule has 2 heteroatoms. The van der Waals surface area contributed by atoms with Crippen LogP contribution < -0.4 is 5.32 Å². The first-order valence-corrected chi connectivity index (χ1v) is 5.92. The van der Waals surface area contributed by atoms with Crippen LogP contribution in [0.5, 0.6) is 0 Å². The van der Waals surface area contributed by atoms with E-state index in [1.54, 1.807) is 6.07 Å². The van der Waals surface area contributed by atoms with Gasteiger partial charge in [-0.15, -0.1) is 0 Å². The van der Waals surface area contributed by atoms with E-state index < -0.39 is 0 Å². The second kappa shape index (κ2) is 4.30. The molecule has 3 rings (SSSR count). The molecule has 0 amide bonds. The van der Waals surface area contributed by atoms with Crippen molar-refractivity contribution in [2.24, 2.45) is 0 Å². The first-order chi connectivity index (χ1) is 8.34. The van der Waals surface area contributed by atoms with Crippen molar-refractivity contribution in [1.29, 1.82) is 0 Å². The fourth-order valence-corrected chi connectivity index (χ4v) is 2.34. The van der Waals surface area contributed by atoms with Crippen LogP contribution in [0.1, 0.15) is 11.1 Å². The first-order valence-electron chi connectivity index (χ1n) is 5.92. The summed E-state index contributed by atoms with van der Waals surface area (Å²) in [6.07, 6.45) is 1.06. The molecule has 17 heavy (non-hydrogen) atoms. The second-order valence-corrected chi connectivity index (χ2v) is 4.39. The topological polar surface area (TPSA) is 12.0 Å². The molecule has 0 spiro atoms. The van der Waals surface area contributed by atoms with Gasteiger partial charge in [-0.05, 0) is 41.8 Å². The van der Waals surface area contributed by atoms with E-state index in [1.165, 1.54) is 17.2 Å². The summed E-state index contributed by atoms with van der Waals surface area (Å²) in [5.74, 6) is -0.156.